The van der Waals surface area contributed by atoms with E-state index in [1.807, 2.05) is 6.92 Å². The van der Waals surface area contributed by atoms with Crippen molar-refractivity contribution in [2.75, 3.05) is 7.11 Å². The molecule has 15 heavy (non-hydrogen) atoms. The number of ketones is 1. The van der Waals surface area contributed by atoms with Gasteiger partial charge in [-0.3, -0.25) is 9.48 Å². The van der Waals surface area contributed by atoms with Gasteiger partial charge in [-0.05, 0) is 18.8 Å². The molecule has 1 unspecified atom stereocenters. The summed E-state index contributed by atoms with van der Waals surface area (Å²) in [6.07, 6.45) is 3.94. The molecule has 1 saturated carbocycles. The normalized spacial score (nSPS) is 17.5. The lowest BCUT2D eigenvalue weighted by molar-refractivity contribution is 0.0903. The monoisotopic (exact) mass is 208 g/mol. The molecule has 1 aliphatic rings. The van der Waals surface area contributed by atoms with Gasteiger partial charge in [0.25, 0.3) is 0 Å². The van der Waals surface area contributed by atoms with Crippen LogP contribution in [0.25, 0.3) is 0 Å². The molecule has 1 atom stereocenters. The number of carbonyl (C=O) groups is 1. The Balaban J connectivity index is 2.26. The van der Waals surface area contributed by atoms with Crippen LogP contribution in [0.1, 0.15) is 30.3 Å². The van der Waals surface area contributed by atoms with Crippen LogP contribution in [0.15, 0.2) is 6.20 Å². The zero-order valence-electron chi connectivity index (χ0n) is 9.36. The molecule has 4 heteroatoms. The van der Waals surface area contributed by atoms with Crippen molar-refractivity contribution in [1.82, 2.24) is 9.78 Å². The van der Waals surface area contributed by atoms with E-state index in [9.17, 15) is 4.79 Å². The van der Waals surface area contributed by atoms with E-state index in [1.54, 1.807) is 25.0 Å². The number of aryl methyl sites for hydroxylation is 1. The Morgan fingerprint density at radius 3 is 2.87 bits per heavy atom. The minimum atomic E-state index is 0.0919. The summed E-state index contributed by atoms with van der Waals surface area (Å²) in [5, 5.41) is 4.04. The van der Waals surface area contributed by atoms with Crippen molar-refractivity contribution in [2.24, 2.45) is 18.9 Å². The van der Waals surface area contributed by atoms with E-state index >= 15 is 0 Å². The number of nitrogens with zero attached hydrogens (tertiary/aromatic N) is 2. The Hall–Kier alpha value is -1.32. The van der Waals surface area contributed by atoms with Gasteiger partial charge in [0.2, 0.25) is 0 Å². The van der Waals surface area contributed by atoms with E-state index in [4.69, 9.17) is 4.74 Å². The van der Waals surface area contributed by atoms with Crippen molar-refractivity contribution in [3.8, 4) is 5.75 Å². The van der Waals surface area contributed by atoms with Gasteiger partial charge in [-0.25, -0.2) is 0 Å². The highest BCUT2D eigenvalue weighted by Gasteiger charge is 2.35. The lowest BCUT2D eigenvalue weighted by atomic mass is 9.98. The fourth-order valence-electron chi connectivity index (χ4n) is 1.87. The maximum Gasteiger partial charge on any atom is 0.187 e. The standard InChI is InChI=1S/C11H16N2O2/c1-7(8-4-5-8)11(14)10-9(15-3)6-12-13(10)2/h6-8H,4-5H2,1-3H3. The second kappa shape index (κ2) is 3.68. The SMILES string of the molecule is COc1cnn(C)c1C(=O)C(C)C1CC1. The van der Waals surface area contributed by atoms with Gasteiger partial charge in [0.15, 0.2) is 11.5 Å². The van der Waals surface area contributed by atoms with Crippen LogP contribution >= 0.6 is 0 Å². The molecule has 0 spiro atoms. The Kier molecular flexibility index (Phi) is 2.50. The second-order valence-corrected chi connectivity index (χ2v) is 4.18. The molecule has 1 fully saturated rings. The fraction of sp³-hybridized carbons (Fsp3) is 0.636. The van der Waals surface area contributed by atoms with Crippen LogP contribution in [0.5, 0.6) is 5.75 Å². The zero-order valence-corrected chi connectivity index (χ0v) is 9.36. The number of ether oxygens (including phenoxy) is 1. The van der Waals surface area contributed by atoms with Crippen LogP contribution in [0.3, 0.4) is 0 Å². The number of Topliss-reactive ketones (excluding diaryl/α,β-unsaturated/α-hetero) is 1. The summed E-state index contributed by atoms with van der Waals surface area (Å²) in [4.78, 5) is 12.1. The van der Waals surface area contributed by atoms with E-state index in [0.717, 1.165) is 0 Å². The molecule has 0 N–H and O–H groups in total. The predicted molar refractivity (Wildman–Crippen MR) is 56.0 cm³/mol. The quantitative estimate of drug-likeness (QED) is 0.707. The summed E-state index contributed by atoms with van der Waals surface area (Å²) in [6.45, 7) is 1.99. The van der Waals surface area contributed by atoms with E-state index < -0.39 is 0 Å². The van der Waals surface area contributed by atoms with Crippen molar-refractivity contribution in [1.29, 1.82) is 0 Å². The third-order valence-corrected chi connectivity index (χ3v) is 3.10. The number of aromatic nitrogens is 2. The van der Waals surface area contributed by atoms with Crippen LogP contribution in [-0.2, 0) is 7.05 Å². The summed E-state index contributed by atoms with van der Waals surface area (Å²) in [6, 6.07) is 0. The molecule has 82 valence electrons. The molecule has 0 aliphatic heterocycles. The van der Waals surface area contributed by atoms with Gasteiger partial charge in [0.1, 0.15) is 5.69 Å². The number of rotatable bonds is 4. The van der Waals surface area contributed by atoms with E-state index in [0.29, 0.717) is 17.4 Å². The summed E-state index contributed by atoms with van der Waals surface area (Å²) < 4.78 is 6.73. The molecule has 0 radical (unpaired) electrons. The molecular weight excluding hydrogens is 192 g/mol. The third-order valence-electron chi connectivity index (χ3n) is 3.10. The van der Waals surface area contributed by atoms with Crippen LogP contribution in [0.2, 0.25) is 0 Å². The van der Waals surface area contributed by atoms with Crippen LogP contribution in [0.4, 0.5) is 0 Å². The summed E-state index contributed by atoms with van der Waals surface area (Å²) in [7, 11) is 3.34. The smallest absolute Gasteiger partial charge is 0.187 e. The predicted octanol–water partition coefficient (Wildman–Crippen LogP) is 1.66. The Bertz CT molecular complexity index is 380. The Morgan fingerprint density at radius 1 is 1.67 bits per heavy atom. The average molecular weight is 208 g/mol. The van der Waals surface area contributed by atoms with Gasteiger partial charge >= 0.3 is 0 Å². The van der Waals surface area contributed by atoms with Crippen LogP contribution < -0.4 is 4.74 Å². The first-order valence-electron chi connectivity index (χ1n) is 5.25. The van der Waals surface area contributed by atoms with Gasteiger partial charge in [0.05, 0.1) is 13.3 Å². The lowest BCUT2D eigenvalue weighted by Gasteiger charge is -2.10. The van der Waals surface area contributed by atoms with Crippen molar-refractivity contribution in [3.05, 3.63) is 11.9 Å². The van der Waals surface area contributed by atoms with E-state index in [-0.39, 0.29) is 11.7 Å². The third kappa shape index (κ3) is 1.76. The molecule has 1 aromatic rings. The summed E-state index contributed by atoms with van der Waals surface area (Å²) in [5.41, 5.74) is 0.594. The van der Waals surface area contributed by atoms with Crippen molar-refractivity contribution < 1.29 is 9.53 Å². The summed E-state index contributed by atoms with van der Waals surface area (Å²) >= 11 is 0. The van der Waals surface area contributed by atoms with Crippen LogP contribution in [0, 0.1) is 11.8 Å². The lowest BCUT2D eigenvalue weighted by Crippen LogP contribution is -2.17. The van der Waals surface area contributed by atoms with Crippen molar-refractivity contribution in [2.45, 2.75) is 19.8 Å². The van der Waals surface area contributed by atoms with Gasteiger partial charge in [-0.2, -0.15) is 5.10 Å². The summed E-state index contributed by atoms with van der Waals surface area (Å²) in [5.74, 6) is 1.38. The topological polar surface area (TPSA) is 44.1 Å². The van der Waals surface area contributed by atoms with Gasteiger partial charge in [-0.1, -0.05) is 6.92 Å². The maximum absolute atomic E-state index is 12.1. The second-order valence-electron chi connectivity index (χ2n) is 4.18. The number of hydrogen-bond donors (Lipinski definition) is 0. The van der Waals surface area contributed by atoms with Crippen LogP contribution in [-0.4, -0.2) is 22.7 Å². The molecule has 0 aromatic carbocycles. The molecular formula is C11H16N2O2. The van der Waals surface area contributed by atoms with E-state index in [1.165, 1.54) is 12.8 Å². The molecule has 1 aromatic heterocycles. The number of hydrogen-bond acceptors (Lipinski definition) is 3. The highest BCUT2D eigenvalue weighted by molar-refractivity contribution is 5.98. The molecule has 0 amide bonds. The molecule has 1 heterocycles. The van der Waals surface area contributed by atoms with Gasteiger partial charge < -0.3 is 4.74 Å². The average Bonchev–Trinajstić information content (AvgIpc) is 3.00. The zero-order chi connectivity index (χ0) is 11.0. The van der Waals surface area contributed by atoms with Crippen molar-refractivity contribution in [3.63, 3.8) is 0 Å². The first-order valence-corrected chi connectivity index (χ1v) is 5.25. The van der Waals surface area contributed by atoms with Crippen molar-refractivity contribution >= 4 is 5.78 Å². The minimum Gasteiger partial charge on any atom is -0.493 e. The Morgan fingerprint density at radius 2 is 2.33 bits per heavy atom. The number of methoxy groups -OCH3 is 1. The number of carbonyl (C=O) groups excluding carboxylic acids is 1. The largest absolute Gasteiger partial charge is 0.493 e. The molecule has 0 bridgehead atoms. The highest BCUT2D eigenvalue weighted by atomic mass is 16.5. The highest BCUT2D eigenvalue weighted by Crippen LogP contribution is 2.38. The fourth-order valence-corrected chi connectivity index (χ4v) is 1.87. The van der Waals surface area contributed by atoms with Gasteiger partial charge in [-0.15, -0.1) is 0 Å². The molecule has 0 saturated heterocycles. The first kappa shape index (κ1) is 10.2. The van der Waals surface area contributed by atoms with E-state index in [2.05, 4.69) is 5.10 Å². The maximum atomic E-state index is 12.1. The molecule has 4 nitrogen and oxygen atoms in total. The molecule has 1 aliphatic carbocycles. The first-order chi connectivity index (χ1) is 7.15. The van der Waals surface area contributed by atoms with Gasteiger partial charge in [0, 0.05) is 13.0 Å². The Labute approximate surface area is 89.2 Å². The molecule has 2 rings (SSSR count). The minimum absolute atomic E-state index is 0.0919.